The van der Waals surface area contributed by atoms with E-state index in [0.29, 0.717) is 33.3 Å². The molecule has 4 heterocycles. The van der Waals surface area contributed by atoms with Gasteiger partial charge in [0.1, 0.15) is 48.0 Å². The molecule has 386 valence electrons. The lowest BCUT2D eigenvalue weighted by atomic mass is 9.65. The van der Waals surface area contributed by atoms with Crippen LogP contribution in [0.1, 0.15) is 71.5 Å². The van der Waals surface area contributed by atoms with Crippen LogP contribution in [0.4, 0.5) is 10.5 Å². The number of urea groups is 1. The second kappa shape index (κ2) is 21.6. The van der Waals surface area contributed by atoms with Crippen molar-refractivity contribution in [2.45, 2.75) is 62.2 Å². The van der Waals surface area contributed by atoms with Crippen molar-refractivity contribution in [2.24, 2.45) is 11.8 Å². The van der Waals surface area contributed by atoms with Gasteiger partial charge in [0.15, 0.2) is 0 Å². The number of hydrogen-bond acceptors (Lipinski definition) is 13. The highest BCUT2D eigenvalue weighted by Gasteiger charge is 2.76. The first-order valence-corrected chi connectivity index (χ1v) is 25.0. The standard InChI is InChI=1S/C59H55N7O10/c1-36(2)49(55(70)74-3)61-58(73)65-44-30-29-37(18-17-31-64-45-27-15-14-26-43(45)62-63-64)34-42(44)59(57(65)72)48(54(69)60-35-46(68)38-19-7-4-8-20-38)51-56(71)76-52(40-23-11-6-12-24-40)50(39-21-9-5-10-22-39)66(51)53(59)41-25-13-16-28-47(41)75-33-32-67/h4-16,19-30,34,36,46,48-53,67-68H,31-33,35H2,1-3H3,(H,60,69)(H,61,73)/t46-,48+,49-,50+,51+,52-,53-,59+/m0/s1. The van der Waals surface area contributed by atoms with Crippen molar-refractivity contribution < 1.29 is 48.4 Å². The number of carbonyl (C=O) groups is 5. The lowest BCUT2D eigenvalue weighted by molar-refractivity contribution is -0.178. The number of methoxy groups -OCH3 is 1. The lowest BCUT2D eigenvalue weighted by Gasteiger charge is -2.46. The van der Waals surface area contributed by atoms with Crippen LogP contribution in [-0.4, -0.2) is 98.8 Å². The van der Waals surface area contributed by atoms with Crippen LogP contribution in [0.3, 0.4) is 0 Å². The molecule has 3 aliphatic rings. The molecule has 17 heteroatoms. The Kier molecular flexibility index (Phi) is 14.5. The minimum atomic E-state index is -2.26. The molecule has 0 bridgehead atoms. The average Bonchev–Trinajstić information content (AvgIpc) is 4.27. The number of hydrogen-bond donors (Lipinski definition) is 4. The summed E-state index contributed by atoms with van der Waals surface area (Å²) in [6.07, 6.45) is -2.24. The van der Waals surface area contributed by atoms with Crippen LogP contribution in [0.5, 0.6) is 5.75 Å². The summed E-state index contributed by atoms with van der Waals surface area (Å²) in [6, 6.07) is 40.3. The monoisotopic (exact) mass is 1020 g/mol. The molecule has 8 atom stereocenters. The summed E-state index contributed by atoms with van der Waals surface area (Å²) in [5, 5.41) is 36.0. The molecule has 0 saturated carbocycles. The Morgan fingerprint density at radius 1 is 0.829 bits per heavy atom. The predicted molar refractivity (Wildman–Crippen MR) is 279 cm³/mol. The molecule has 0 aliphatic carbocycles. The Morgan fingerprint density at radius 3 is 2.21 bits per heavy atom. The highest BCUT2D eigenvalue weighted by atomic mass is 16.6. The molecule has 0 unspecified atom stereocenters. The molecule has 10 rings (SSSR count). The number of amides is 4. The van der Waals surface area contributed by atoms with Gasteiger partial charge < -0.3 is 35.1 Å². The number of nitrogens with zero attached hydrogens (tertiary/aromatic N) is 5. The Labute approximate surface area is 438 Å². The largest absolute Gasteiger partial charge is 0.491 e. The van der Waals surface area contributed by atoms with Gasteiger partial charge in [0, 0.05) is 17.7 Å². The first kappa shape index (κ1) is 50.8. The molecule has 4 N–H and O–H groups in total. The second-order valence-corrected chi connectivity index (χ2v) is 19.2. The van der Waals surface area contributed by atoms with Gasteiger partial charge in [-0.05, 0) is 64.6 Å². The average molecular weight is 1020 g/mol. The molecule has 1 spiro atoms. The fourth-order valence-corrected chi connectivity index (χ4v) is 11.1. The number of imide groups is 1. The number of ether oxygens (including phenoxy) is 3. The molecule has 1 aromatic heterocycles. The van der Waals surface area contributed by atoms with Crippen LogP contribution in [0.2, 0.25) is 0 Å². The second-order valence-electron chi connectivity index (χ2n) is 19.2. The number of para-hydroxylation sites is 2. The molecule has 76 heavy (non-hydrogen) atoms. The molecule has 3 aliphatic heterocycles. The van der Waals surface area contributed by atoms with Crippen molar-refractivity contribution in [1.29, 1.82) is 0 Å². The minimum Gasteiger partial charge on any atom is -0.491 e. The zero-order valence-corrected chi connectivity index (χ0v) is 41.9. The normalized spacial score (nSPS) is 21.5. The number of esters is 2. The zero-order chi connectivity index (χ0) is 53.1. The number of aromatic nitrogens is 3. The van der Waals surface area contributed by atoms with Crippen molar-refractivity contribution in [3.05, 3.63) is 191 Å². The number of nitrogens with one attached hydrogen (secondary N) is 2. The van der Waals surface area contributed by atoms with Crippen LogP contribution in [0, 0.1) is 23.7 Å². The van der Waals surface area contributed by atoms with Gasteiger partial charge in [-0.25, -0.2) is 19.2 Å². The molecular formula is C59H55N7O10. The third-order valence-electron chi connectivity index (χ3n) is 14.4. The number of benzene rings is 6. The zero-order valence-electron chi connectivity index (χ0n) is 41.9. The molecule has 4 amide bonds. The number of aliphatic hydroxyl groups excluding tert-OH is 2. The summed E-state index contributed by atoms with van der Waals surface area (Å²) in [6.45, 7) is 2.67. The summed E-state index contributed by atoms with van der Waals surface area (Å²) in [4.78, 5) is 79.8. The first-order chi connectivity index (χ1) is 37.0. The summed E-state index contributed by atoms with van der Waals surface area (Å²) >= 11 is 0. The molecule has 7 aromatic rings. The Balaban J connectivity index is 1.25. The number of morpholine rings is 1. The fraction of sp³-hybridized carbons (Fsp3) is 0.271. The van der Waals surface area contributed by atoms with Gasteiger partial charge in [-0.1, -0.05) is 152 Å². The molecule has 17 nitrogen and oxygen atoms in total. The Morgan fingerprint density at radius 2 is 1.50 bits per heavy atom. The quantitative estimate of drug-likeness (QED) is 0.0699. The maximum atomic E-state index is 16.9. The highest BCUT2D eigenvalue weighted by molar-refractivity contribution is 6.25. The number of anilines is 1. The topological polar surface area (TPSA) is 215 Å². The van der Waals surface area contributed by atoms with E-state index in [1.165, 1.54) is 7.11 Å². The van der Waals surface area contributed by atoms with Gasteiger partial charge in [0.25, 0.3) is 0 Å². The van der Waals surface area contributed by atoms with E-state index in [1.54, 1.807) is 91.3 Å². The molecular weight excluding hydrogens is 967 g/mol. The summed E-state index contributed by atoms with van der Waals surface area (Å²) in [5.74, 6) is 1.09. The number of carbonyl (C=O) groups excluding carboxylic acids is 5. The molecule has 2 saturated heterocycles. The fourth-order valence-electron chi connectivity index (χ4n) is 11.1. The van der Waals surface area contributed by atoms with Crippen molar-refractivity contribution in [3.63, 3.8) is 0 Å². The van der Waals surface area contributed by atoms with E-state index in [2.05, 4.69) is 32.8 Å². The number of fused-ring (bicyclic) bond motifs is 4. The number of aliphatic hydroxyl groups is 2. The van der Waals surface area contributed by atoms with Crippen molar-refractivity contribution >= 4 is 46.5 Å². The maximum absolute atomic E-state index is 16.9. The van der Waals surface area contributed by atoms with Crippen LogP contribution >= 0.6 is 0 Å². The van der Waals surface area contributed by atoms with E-state index in [4.69, 9.17) is 14.2 Å². The maximum Gasteiger partial charge on any atom is 0.329 e. The smallest absolute Gasteiger partial charge is 0.329 e. The number of cyclic esters (lactones) is 1. The lowest BCUT2D eigenvalue weighted by Crippen LogP contribution is -2.58. The van der Waals surface area contributed by atoms with E-state index >= 15 is 19.2 Å². The van der Waals surface area contributed by atoms with Gasteiger partial charge in [0.2, 0.25) is 11.8 Å². The Bertz CT molecular complexity index is 3360. The van der Waals surface area contributed by atoms with Gasteiger partial charge in [-0.2, -0.15) is 0 Å². The number of rotatable bonds is 14. The van der Waals surface area contributed by atoms with Crippen LogP contribution < -0.4 is 20.3 Å². The predicted octanol–water partition coefficient (Wildman–Crippen LogP) is 6.28. The highest BCUT2D eigenvalue weighted by Crippen LogP contribution is 2.66. The van der Waals surface area contributed by atoms with E-state index in [9.17, 15) is 15.0 Å². The van der Waals surface area contributed by atoms with E-state index < -0.39 is 83.4 Å². The third-order valence-corrected chi connectivity index (χ3v) is 14.4. The van der Waals surface area contributed by atoms with Crippen molar-refractivity contribution in [1.82, 2.24) is 30.5 Å². The first-order valence-electron chi connectivity index (χ1n) is 25.0. The Hall–Kier alpha value is -8.69. The third kappa shape index (κ3) is 9.10. The van der Waals surface area contributed by atoms with Crippen LogP contribution in [0.25, 0.3) is 11.0 Å². The summed E-state index contributed by atoms with van der Waals surface area (Å²) in [7, 11) is 1.20. The van der Waals surface area contributed by atoms with Gasteiger partial charge in [-0.3, -0.25) is 19.3 Å². The minimum absolute atomic E-state index is 0.0488. The SMILES string of the molecule is COC(=O)[C@@H](NC(=O)N1C(=O)[C@@]2(c3cc(C#CCn4nnc5ccccc54)ccc31)[C@H](c1ccccc1OCCO)N1[C@H](c3ccccc3)[C@H](c3ccccc3)OC(=O)[C@H]1[C@@H]2C(=O)NC[C@H](O)c1ccccc1)C(C)C. The van der Waals surface area contributed by atoms with Crippen LogP contribution in [0.15, 0.2) is 158 Å². The molecule has 0 radical (unpaired) electrons. The van der Waals surface area contributed by atoms with Gasteiger partial charge in [-0.15, -0.1) is 5.10 Å². The van der Waals surface area contributed by atoms with E-state index in [0.717, 1.165) is 10.4 Å². The molecule has 2 fully saturated rings. The van der Waals surface area contributed by atoms with E-state index in [-0.39, 0.29) is 43.3 Å². The summed E-state index contributed by atoms with van der Waals surface area (Å²) < 4.78 is 19.7. The van der Waals surface area contributed by atoms with Gasteiger partial charge >= 0.3 is 18.0 Å². The van der Waals surface area contributed by atoms with Crippen molar-refractivity contribution in [2.75, 3.05) is 31.8 Å². The van der Waals surface area contributed by atoms with E-state index in [1.807, 2.05) is 89.8 Å². The van der Waals surface area contributed by atoms with Crippen LogP contribution in [-0.2, 0) is 40.6 Å². The molecule has 6 aromatic carbocycles. The summed E-state index contributed by atoms with van der Waals surface area (Å²) in [5.41, 5.74) is 1.90. The van der Waals surface area contributed by atoms with Crippen molar-refractivity contribution in [3.8, 4) is 17.6 Å². The van der Waals surface area contributed by atoms with Gasteiger partial charge in [0.05, 0.1) is 49.0 Å².